The summed E-state index contributed by atoms with van der Waals surface area (Å²) in [4.78, 5) is 23.7. The van der Waals surface area contributed by atoms with Crippen molar-refractivity contribution in [3.8, 4) is 0 Å². The van der Waals surface area contributed by atoms with Crippen LogP contribution in [0.3, 0.4) is 0 Å². The fourth-order valence-corrected chi connectivity index (χ4v) is 5.09. The summed E-state index contributed by atoms with van der Waals surface area (Å²) in [6.07, 6.45) is 0. The molecule has 29 heavy (non-hydrogen) atoms. The van der Waals surface area contributed by atoms with Crippen molar-refractivity contribution in [2.24, 2.45) is 4.99 Å². The highest BCUT2D eigenvalue weighted by atomic mass is 32.2. The third-order valence-electron chi connectivity index (χ3n) is 4.47. The highest BCUT2D eigenvalue weighted by Crippen LogP contribution is 2.24. The third kappa shape index (κ3) is 7.23. The minimum absolute atomic E-state index is 0.125. The molecule has 0 aromatic carbocycles. The molecule has 0 aliphatic carbocycles. The van der Waals surface area contributed by atoms with E-state index in [-0.39, 0.29) is 23.5 Å². The number of hydrogen-bond donors (Lipinski definition) is 2. The molecule has 0 spiro atoms. The standard InChI is InChI=1S/C18H31N5O4S2/c1-5-19-18(20-7-8-23-9-11-29(25,26)12-10-23)22-14(4)16-21-13(3)15(28-16)17(24)27-6-2/h14H,5-12H2,1-4H3,(H2,19,20,22). The number of nitrogens with one attached hydrogen (secondary N) is 2. The van der Waals surface area contributed by atoms with Gasteiger partial charge < -0.3 is 15.4 Å². The Kier molecular flexibility index (Phi) is 8.84. The maximum Gasteiger partial charge on any atom is 0.350 e. The molecule has 1 aliphatic rings. The molecular weight excluding hydrogens is 414 g/mol. The molecular formula is C18H31N5O4S2. The molecule has 2 rings (SSSR count). The largest absolute Gasteiger partial charge is 0.462 e. The zero-order chi connectivity index (χ0) is 21.4. The van der Waals surface area contributed by atoms with Crippen molar-refractivity contribution in [1.82, 2.24) is 20.5 Å². The summed E-state index contributed by atoms with van der Waals surface area (Å²) >= 11 is 1.33. The lowest BCUT2D eigenvalue weighted by Gasteiger charge is -2.25. The Balaban J connectivity index is 1.94. The zero-order valence-electron chi connectivity index (χ0n) is 17.5. The van der Waals surface area contributed by atoms with Crippen molar-refractivity contribution >= 4 is 33.1 Å². The third-order valence-corrected chi connectivity index (χ3v) is 7.39. The Bertz CT molecular complexity index is 808. The molecule has 1 fully saturated rings. The normalized spacial score (nSPS) is 18.3. The average molecular weight is 446 g/mol. The molecule has 0 bridgehead atoms. The van der Waals surface area contributed by atoms with E-state index in [0.717, 1.165) is 5.01 Å². The van der Waals surface area contributed by atoms with Gasteiger partial charge >= 0.3 is 5.97 Å². The maximum atomic E-state index is 12.0. The number of carbonyl (C=O) groups excluding carboxylic acids is 1. The summed E-state index contributed by atoms with van der Waals surface area (Å²) < 4.78 is 28.1. The highest BCUT2D eigenvalue weighted by molar-refractivity contribution is 7.91. The second-order valence-electron chi connectivity index (χ2n) is 6.81. The number of guanidine groups is 1. The van der Waals surface area contributed by atoms with Crippen molar-refractivity contribution in [2.75, 3.05) is 50.8 Å². The van der Waals surface area contributed by atoms with E-state index in [1.807, 2.05) is 13.8 Å². The van der Waals surface area contributed by atoms with Crippen LogP contribution >= 0.6 is 11.3 Å². The van der Waals surface area contributed by atoms with Gasteiger partial charge in [0.15, 0.2) is 15.8 Å². The Morgan fingerprint density at radius 2 is 2.03 bits per heavy atom. The Morgan fingerprint density at radius 3 is 2.66 bits per heavy atom. The first-order valence-corrected chi connectivity index (χ1v) is 12.5. The second-order valence-corrected chi connectivity index (χ2v) is 10.1. The summed E-state index contributed by atoms with van der Waals surface area (Å²) in [5.74, 6) is 0.761. The number of rotatable bonds is 8. The molecule has 1 aromatic heterocycles. The number of carbonyl (C=O) groups is 1. The maximum absolute atomic E-state index is 12.0. The molecule has 2 heterocycles. The van der Waals surface area contributed by atoms with E-state index in [1.165, 1.54) is 11.3 Å². The summed E-state index contributed by atoms with van der Waals surface area (Å²) in [6.45, 7) is 11.0. The number of sulfone groups is 1. The van der Waals surface area contributed by atoms with Gasteiger partial charge in [0.25, 0.3) is 0 Å². The van der Waals surface area contributed by atoms with E-state index in [9.17, 15) is 13.2 Å². The lowest BCUT2D eigenvalue weighted by atomic mass is 10.3. The van der Waals surface area contributed by atoms with Crippen LogP contribution in [0.25, 0.3) is 0 Å². The van der Waals surface area contributed by atoms with Crippen molar-refractivity contribution < 1.29 is 17.9 Å². The first-order valence-electron chi connectivity index (χ1n) is 9.87. The number of thiazole rings is 1. The SMILES string of the molecule is CCNC(=NCCN1CCS(=O)(=O)CC1)NC(C)c1nc(C)c(C(=O)OCC)s1. The molecule has 2 N–H and O–H groups in total. The summed E-state index contributed by atoms with van der Waals surface area (Å²) in [5.41, 5.74) is 0.666. The number of nitrogens with zero attached hydrogens (tertiary/aromatic N) is 3. The zero-order valence-corrected chi connectivity index (χ0v) is 19.2. The van der Waals surface area contributed by atoms with Crippen LogP contribution < -0.4 is 10.6 Å². The van der Waals surface area contributed by atoms with Gasteiger partial charge in [-0.05, 0) is 27.7 Å². The Morgan fingerprint density at radius 1 is 1.34 bits per heavy atom. The quantitative estimate of drug-likeness (QED) is 0.346. The molecule has 1 aliphatic heterocycles. The topological polar surface area (TPSA) is 113 Å². The lowest BCUT2D eigenvalue weighted by Crippen LogP contribution is -2.42. The number of esters is 1. The van der Waals surface area contributed by atoms with E-state index >= 15 is 0 Å². The predicted octanol–water partition coefficient (Wildman–Crippen LogP) is 0.975. The van der Waals surface area contributed by atoms with Crippen molar-refractivity contribution in [1.29, 1.82) is 0 Å². The van der Waals surface area contributed by atoms with Gasteiger partial charge in [-0.2, -0.15) is 0 Å². The van der Waals surface area contributed by atoms with Crippen LogP contribution in [0.5, 0.6) is 0 Å². The Hall–Kier alpha value is -1.72. The molecule has 1 unspecified atom stereocenters. The van der Waals surface area contributed by atoms with Crippen molar-refractivity contribution in [3.05, 3.63) is 15.6 Å². The average Bonchev–Trinajstić information content (AvgIpc) is 3.05. The summed E-state index contributed by atoms with van der Waals surface area (Å²) in [6, 6.07) is -0.125. The molecule has 0 radical (unpaired) electrons. The first-order chi connectivity index (χ1) is 13.8. The van der Waals surface area contributed by atoms with Gasteiger partial charge in [0.2, 0.25) is 0 Å². The van der Waals surface area contributed by atoms with Gasteiger partial charge in [-0.25, -0.2) is 18.2 Å². The van der Waals surface area contributed by atoms with Crippen LogP contribution in [0.4, 0.5) is 0 Å². The fraction of sp³-hybridized carbons (Fsp3) is 0.722. The lowest BCUT2D eigenvalue weighted by molar-refractivity contribution is 0.0531. The van der Waals surface area contributed by atoms with Crippen molar-refractivity contribution in [3.63, 3.8) is 0 Å². The minimum atomic E-state index is -2.86. The van der Waals surface area contributed by atoms with Crippen molar-refractivity contribution in [2.45, 2.75) is 33.7 Å². The minimum Gasteiger partial charge on any atom is -0.462 e. The molecule has 1 atom stereocenters. The van der Waals surface area contributed by atoms with E-state index in [4.69, 9.17) is 4.74 Å². The molecule has 0 saturated carbocycles. The van der Waals surface area contributed by atoms with Crippen LogP contribution in [-0.4, -0.2) is 81.1 Å². The molecule has 0 amide bonds. The molecule has 9 nitrogen and oxygen atoms in total. The van der Waals surface area contributed by atoms with Gasteiger partial charge in [-0.3, -0.25) is 9.89 Å². The monoisotopic (exact) mass is 445 g/mol. The van der Waals surface area contributed by atoms with E-state index in [2.05, 4.69) is 25.5 Å². The highest BCUT2D eigenvalue weighted by Gasteiger charge is 2.22. The number of aromatic nitrogens is 1. The number of hydrogen-bond acceptors (Lipinski definition) is 8. The molecule has 1 aromatic rings. The number of ether oxygens (including phenoxy) is 1. The molecule has 1 saturated heterocycles. The number of aryl methyl sites for hydroxylation is 1. The molecule has 11 heteroatoms. The van der Waals surface area contributed by atoms with Crippen LogP contribution in [0.1, 0.15) is 47.2 Å². The summed E-state index contributed by atoms with van der Waals surface area (Å²) in [5, 5.41) is 7.31. The van der Waals surface area contributed by atoms with Crippen LogP contribution in [-0.2, 0) is 14.6 Å². The fourth-order valence-electron chi connectivity index (χ4n) is 2.85. The van der Waals surface area contributed by atoms with Crippen LogP contribution in [0.15, 0.2) is 4.99 Å². The van der Waals surface area contributed by atoms with Gasteiger partial charge in [0.05, 0.1) is 36.4 Å². The van der Waals surface area contributed by atoms with Crippen LogP contribution in [0.2, 0.25) is 0 Å². The van der Waals surface area contributed by atoms with Gasteiger partial charge in [-0.15, -0.1) is 11.3 Å². The smallest absolute Gasteiger partial charge is 0.350 e. The predicted molar refractivity (Wildman–Crippen MR) is 115 cm³/mol. The van der Waals surface area contributed by atoms with E-state index in [0.29, 0.717) is 55.9 Å². The van der Waals surface area contributed by atoms with Gasteiger partial charge in [0.1, 0.15) is 9.88 Å². The first kappa shape index (κ1) is 23.6. The second kappa shape index (κ2) is 10.9. The Labute approximate surface area is 176 Å². The number of aliphatic imine (C=N–C) groups is 1. The van der Waals surface area contributed by atoms with Gasteiger partial charge in [-0.1, -0.05) is 0 Å². The van der Waals surface area contributed by atoms with Crippen LogP contribution in [0, 0.1) is 6.92 Å². The van der Waals surface area contributed by atoms with E-state index in [1.54, 1.807) is 13.8 Å². The van der Waals surface area contributed by atoms with E-state index < -0.39 is 9.84 Å². The van der Waals surface area contributed by atoms with Gasteiger partial charge in [0, 0.05) is 26.2 Å². The molecule has 164 valence electrons. The summed E-state index contributed by atoms with van der Waals surface area (Å²) in [7, 11) is -2.86.